The van der Waals surface area contributed by atoms with Crippen molar-refractivity contribution in [2.75, 3.05) is 11.5 Å². The molecule has 0 aromatic heterocycles. The molecule has 0 aliphatic heterocycles. The number of nitrogens with zero attached hydrogens (tertiary/aromatic N) is 1. The number of hydrogen-bond donors (Lipinski definition) is 2. The van der Waals surface area contributed by atoms with E-state index in [2.05, 4.69) is 10.6 Å². The average Bonchev–Trinajstić information content (AvgIpc) is 3.37. The Morgan fingerprint density at radius 3 is 2.32 bits per heavy atom. The fraction of sp³-hybridized carbons (Fsp3) is 0.579. The van der Waals surface area contributed by atoms with Gasteiger partial charge in [0.05, 0.1) is 12.1 Å². The summed E-state index contributed by atoms with van der Waals surface area (Å²) in [4.78, 5) is 12.6. The van der Waals surface area contributed by atoms with E-state index in [0.717, 1.165) is 24.3 Å². The Labute approximate surface area is 166 Å². The Hall–Kier alpha value is -1.79. The number of nitrogens with one attached hydrogen (secondary N) is 2. The van der Waals surface area contributed by atoms with E-state index in [1.54, 1.807) is 0 Å². The second-order valence-corrected chi connectivity index (χ2v) is 8.43. The number of alkyl halides is 3. The van der Waals surface area contributed by atoms with Gasteiger partial charge in [0.15, 0.2) is 0 Å². The highest BCUT2D eigenvalue weighted by molar-refractivity contribution is 7.99. The Morgan fingerprint density at radius 1 is 1.25 bits per heavy atom. The third kappa shape index (κ3) is 6.38. The van der Waals surface area contributed by atoms with Gasteiger partial charge in [-0.15, -0.1) is 0 Å². The zero-order valence-electron chi connectivity index (χ0n) is 15.6. The van der Waals surface area contributed by atoms with Gasteiger partial charge < -0.3 is 5.32 Å². The van der Waals surface area contributed by atoms with Gasteiger partial charge in [0.25, 0.3) is 0 Å². The van der Waals surface area contributed by atoms with Gasteiger partial charge in [-0.05, 0) is 42.2 Å². The molecule has 0 radical (unpaired) electrons. The molecule has 0 heterocycles. The average molecular weight is 417 g/mol. The highest BCUT2D eigenvalue weighted by Gasteiger charge is 2.47. The lowest BCUT2D eigenvalue weighted by atomic mass is 10.0. The highest BCUT2D eigenvalue weighted by Crippen LogP contribution is 2.36. The third-order valence-electron chi connectivity index (χ3n) is 4.28. The molecule has 0 bridgehead atoms. The molecular weight excluding hydrogens is 394 g/mol. The van der Waals surface area contributed by atoms with Crippen molar-refractivity contribution in [1.82, 2.24) is 10.6 Å². The smallest absolute Gasteiger partial charge is 0.336 e. The van der Waals surface area contributed by atoms with Gasteiger partial charge >= 0.3 is 6.18 Å². The van der Waals surface area contributed by atoms with Crippen molar-refractivity contribution < 1.29 is 22.4 Å². The van der Waals surface area contributed by atoms with Crippen LogP contribution in [0, 0.1) is 23.1 Å². The van der Waals surface area contributed by atoms with Crippen LogP contribution in [0.2, 0.25) is 0 Å². The molecule has 1 fully saturated rings. The summed E-state index contributed by atoms with van der Waals surface area (Å²) in [5.41, 5.74) is -1.15. The molecule has 1 aromatic carbocycles. The van der Waals surface area contributed by atoms with Gasteiger partial charge in [-0.25, -0.2) is 4.39 Å². The van der Waals surface area contributed by atoms with Gasteiger partial charge in [0.1, 0.15) is 17.4 Å². The van der Waals surface area contributed by atoms with E-state index >= 15 is 0 Å². The lowest BCUT2D eigenvalue weighted by Gasteiger charge is -2.28. The van der Waals surface area contributed by atoms with Crippen LogP contribution in [0.5, 0.6) is 0 Å². The van der Waals surface area contributed by atoms with Crippen LogP contribution in [0.4, 0.5) is 17.6 Å². The standard InChI is InChI=1S/C19H23F4N3OS/c1-12(2)9-28-10-15(17(27)26-18(11-24)7-8-18)25-16(19(21,22)23)13-3-5-14(20)6-4-13/h3-6,12,15-16,25H,7-10H2,1-2H3,(H,26,27)/t15-,16-/m0/s1. The second-order valence-electron chi connectivity index (χ2n) is 7.36. The molecule has 2 atom stereocenters. The van der Waals surface area contributed by atoms with Crippen LogP contribution in [0.3, 0.4) is 0 Å². The van der Waals surface area contributed by atoms with Crippen LogP contribution < -0.4 is 10.6 Å². The van der Waals surface area contributed by atoms with E-state index in [0.29, 0.717) is 24.5 Å². The monoisotopic (exact) mass is 417 g/mol. The molecule has 1 aliphatic carbocycles. The summed E-state index contributed by atoms with van der Waals surface area (Å²) >= 11 is 1.37. The summed E-state index contributed by atoms with van der Waals surface area (Å²) in [5, 5.41) is 14.1. The van der Waals surface area contributed by atoms with Crippen LogP contribution in [-0.2, 0) is 4.79 Å². The van der Waals surface area contributed by atoms with Crippen LogP contribution in [0.15, 0.2) is 24.3 Å². The van der Waals surface area contributed by atoms with Crippen LogP contribution in [-0.4, -0.2) is 35.2 Å². The highest BCUT2D eigenvalue weighted by atomic mass is 32.2. The number of rotatable bonds is 9. The SMILES string of the molecule is CC(C)CSC[C@H](N[C@@H](c1ccc(F)cc1)C(F)(F)F)C(=O)NC1(C#N)CC1. The number of hydrogen-bond acceptors (Lipinski definition) is 4. The minimum atomic E-state index is -4.68. The number of amides is 1. The van der Waals surface area contributed by atoms with Crippen LogP contribution >= 0.6 is 11.8 Å². The third-order valence-corrected chi connectivity index (χ3v) is 5.75. The maximum atomic E-state index is 13.6. The van der Waals surface area contributed by atoms with Crippen molar-refractivity contribution in [1.29, 1.82) is 5.26 Å². The van der Waals surface area contributed by atoms with Crippen molar-refractivity contribution in [2.24, 2.45) is 5.92 Å². The van der Waals surface area contributed by atoms with Gasteiger partial charge in [-0.2, -0.15) is 30.2 Å². The minimum absolute atomic E-state index is 0.124. The first kappa shape index (κ1) is 22.5. The van der Waals surface area contributed by atoms with E-state index in [4.69, 9.17) is 5.26 Å². The largest absolute Gasteiger partial charge is 0.407 e. The van der Waals surface area contributed by atoms with Gasteiger partial charge in [0, 0.05) is 5.75 Å². The Balaban J connectivity index is 2.19. The van der Waals surface area contributed by atoms with E-state index < -0.39 is 35.5 Å². The van der Waals surface area contributed by atoms with Gasteiger partial charge in [-0.1, -0.05) is 26.0 Å². The minimum Gasteiger partial charge on any atom is -0.336 e. The molecule has 28 heavy (non-hydrogen) atoms. The molecular formula is C19H23F4N3OS. The molecule has 1 amide bonds. The molecule has 2 N–H and O–H groups in total. The summed E-state index contributed by atoms with van der Waals surface area (Å²) in [5.74, 6) is -0.151. The van der Waals surface area contributed by atoms with Crippen LogP contribution in [0.25, 0.3) is 0 Å². The van der Waals surface area contributed by atoms with Crippen molar-refractivity contribution in [3.63, 3.8) is 0 Å². The number of benzene rings is 1. The molecule has 1 aliphatic rings. The summed E-state index contributed by atoms with van der Waals surface area (Å²) in [7, 11) is 0. The fourth-order valence-electron chi connectivity index (χ4n) is 2.57. The van der Waals surface area contributed by atoms with Crippen molar-refractivity contribution in [3.8, 4) is 6.07 Å². The number of carbonyl (C=O) groups is 1. The van der Waals surface area contributed by atoms with E-state index in [1.165, 1.54) is 11.8 Å². The fourth-order valence-corrected chi connectivity index (χ4v) is 3.66. The Morgan fingerprint density at radius 2 is 1.86 bits per heavy atom. The molecule has 1 saturated carbocycles. The predicted octanol–water partition coefficient (Wildman–Crippen LogP) is 3.95. The lowest BCUT2D eigenvalue weighted by molar-refractivity contribution is -0.160. The molecule has 1 aromatic rings. The van der Waals surface area contributed by atoms with E-state index in [-0.39, 0.29) is 11.3 Å². The van der Waals surface area contributed by atoms with E-state index in [1.807, 2.05) is 19.9 Å². The summed E-state index contributed by atoms with van der Waals surface area (Å²) < 4.78 is 54.1. The first-order valence-corrected chi connectivity index (χ1v) is 10.1. The Bertz CT molecular complexity index is 711. The van der Waals surface area contributed by atoms with E-state index in [9.17, 15) is 22.4 Å². The zero-order valence-corrected chi connectivity index (χ0v) is 16.5. The molecule has 0 saturated heterocycles. The number of carbonyl (C=O) groups excluding carboxylic acids is 1. The predicted molar refractivity (Wildman–Crippen MR) is 100 cm³/mol. The topological polar surface area (TPSA) is 64.9 Å². The lowest BCUT2D eigenvalue weighted by Crippen LogP contribution is -2.53. The van der Waals surface area contributed by atoms with Crippen molar-refractivity contribution in [2.45, 2.75) is 50.5 Å². The summed E-state index contributed by atoms with van der Waals surface area (Å²) in [6.45, 7) is 3.95. The zero-order chi connectivity index (χ0) is 20.9. The molecule has 0 unspecified atom stereocenters. The van der Waals surface area contributed by atoms with Crippen molar-refractivity contribution in [3.05, 3.63) is 35.6 Å². The normalized spacial score (nSPS) is 17.6. The Kier molecular flexibility index (Phi) is 7.34. The number of nitriles is 1. The second kappa shape index (κ2) is 9.14. The van der Waals surface area contributed by atoms with Gasteiger partial charge in [0.2, 0.25) is 5.91 Å². The molecule has 9 heteroatoms. The molecule has 4 nitrogen and oxygen atoms in total. The molecule has 2 rings (SSSR count). The first-order chi connectivity index (χ1) is 13.1. The maximum absolute atomic E-state index is 13.6. The van der Waals surface area contributed by atoms with Crippen LogP contribution in [0.1, 0.15) is 38.3 Å². The molecule has 0 spiro atoms. The first-order valence-electron chi connectivity index (χ1n) is 8.95. The number of thioether (sulfide) groups is 1. The maximum Gasteiger partial charge on any atom is 0.407 e. The molecule has 154 valence electrons. The summed E-state index contributed by atoms with van der Waals surface area (Å²) in [6, 6.07) is 2.74. The summed E-state index contributed by atoms with van der Waals surface area (Å²) in [6.07, 6.45) is -3.70. The van der Waals surface area contributed by atoms with Gasteiger partial charge in [-0.3, -0.25) is 10.1 Å². The quantitative estimate of drug-likeness (QED) is 0.597. The number of halogens is 4. The van der Waals surface area contributed by atoms with Crippen molar-refractivity contribution >= 4 is 17.7 Å².